The second kappa shape index (κ2) is 6.19. The summed E-state index contributed by atoms with van der Waals surface area (Å²) < 4.78 is 13.2. The van der Waals surface area contributed by atoms with Crippen molar-refractivity contribution in [3.63, 3.8) is 0 Å². The summed E-state index contributed by atoms with van der Waals surface area (Å²) in [6, 6.07) is 5.91. The zero-order chi connectivity index (χ0) is 12.0. The van der Waals surface area contributed by atoms with Gasteiger partial charge in [0.05, 0.1) is 6.10 Å². The fraction of sp³-hybridized carbons (Fsp3) is 0.364. The van der Waals surface area contributed by atoms with Gasteiger partial charge in [0.25, 0.3) is 0 Å². The quantitative estimate of drug-likeness (QED) is 0.677. The lowest BCUT2D eigenvalue weighted by molar-refractivity contribution is -0.121. The summed E-state index contributed by atoms with van der Waals surface area (Å²) >= 11 is 0. The van der Waals surface area contributed by atoms with Crippen LogP contribution >= 0.6 is 0 Å². The van der Waals surface area contributed by atoms with E-state index in [1.165, 1.54) is 12.1 Å². The Morgan fingerprint density at radius 2 is 2.19 bits per heavy atom. The molecule has 0 aliphatic carbocycles. The van der Waals surface area contributed by atoms with Crippen molar-refractivity contribution in [1.82, 2.24) is 5.32 Å². The molecule has 5 heteroatoms. The van der Waals surface area contributed by atoms with Crippen LogP contribution in [0.4, 0.5) is 4.39 Å². The number of carbonyl (C=O) groups excluding carboxylic acids is 1. The van der Waals surface area contributed by atoms with E-state index in [0.717, 1.165) is 0 Å². The van der Waals surface area contributed by atoms with Gasteiger partial charge in [-0.05, 0) is 6.07 Å². The Balaban J connectivity index is 2.50. The van der Waals surface area contributed by atoms with Gasteiger partial charge in [-0.1, -0.05) is 18.2 Å². The first-order valence-corrected chi connectivity index (χ1v) is 5.04. The van der Waals surface area contributed by atoms with Gasteiger partial charge in [0, 0.05) is 25.1 Å². The lowest BCUT2D eigenvalue weighted by Crippen LogP contribution is -2.30. The maximum Gasteiger partial charge on any atom is 0.221 e. The van der Waals surface area contributed by atoms with E-state index in [1.54, 1.807) is 12.1 Å². The number of benzene rings is 1. The highest BCUT2D eigenvalue weighted by Crippen LogP contribution is 2.15. The number of nitrogens with one attached hydrogen (secondary N) is 1. The Labute approximate surface area is 93.3 Å². The number of amides is 1. The number of aliphatic hydroxyl groups excluding tert-OH is 1. The fourth-order valence-electron chi connectivity index (χ4n) is 1.29. The predicted molar refractivity (Wildman–Crippen MR) is 58.0 cm³/mol. The standard InChI is InChI=1S/C11H15FN2O2/c12-9-4-2-1-3-8(9)10(15)7-14-11(16)5-6-13/h1-4,10,15H,5-7,13H2,(H,14,16). The highest BCUT2D eigenvalue weighted by atomic mass is 19.1. The second-order valence-electron chi connectivity index (χ2n) is 3.38. The number of rotatable bonds is 5. The maximum absolute atomic E-state index is 13.2. The summed E-state index contributed by atoms with van der Waals surface area (Å²) in [4.78, 5) is 11.1. The molecule has 0 aliphatic rings. The van der Waals surface area contributed by atoms with Crippen molar-refractivity contribution in [1.29, 1.82) is 0 Å². The van der Waals surface area contributed by atoms with Crippen molar-refractivity contribution in [3.8, 4) is 0 Å². The first-order valence-electron chi connectivity index (χ1n) is 5.04. The van der Waals surface area contributed by atoms with Gasteiger partial charge in [-0.15, -0.1) is 0 Å². The maximum atomic E-state index is 13.2. The highest BCUT2D eigenvalue weighted by Gasteiger charge is 2.12. The minimum absolute atomic E-state index is 0.0141. The Morgan fingerprint density at radius 1 is 1.50 bits per heavy atom. The summed E-state index contributed by atoms with van der Waals surface area (Å²) in [5, 5.41) is 12.1. The summed E-state index contributed by atoms with van der Waals surface area (Å²) in [5.41, 5.74) is 5.36. The Hall–Kier alpha value is -1.46. The molecule has 0 fully saturated rings. The topological polar surface area (TPSA) is 75.4 Å². The molecule has 16 heavy (non-hydrogen) atoms. The summed E-state index contributed by atoms with van der Waals surface area (Å²) in [6.07, 6.45) is -0.841. The average Bonchev–Trinajstić information content (AvgIpc) is 2.27. The normalized spacial score (nSPS) is 12.2. The van der Waals surface area contributed by atoms with E-state index in [0.29, 0.717) is 0 Å². The van der Waals surface area contributed by atoms with Gasteiger partial charge in [-0.3, -0.25) is 4.79 Å². The number of carbonyl (C=O) groups is 1. The van der Waals surface area contributed by atoms with Crippen LogP contribution in [-0.2, 0) is 4.79 Å². The van der Waals surface area contributed by atoms with Crippen LogP contribution in [0.1, 0.15) is 18.1 Å². The molecule has 1 amide bonds. The zero-order valence-corrected chi connectivity index (χ0v) is 8.82. The fourth-order valence-corrected chi connectivity index (χ4v) is 1.29. The van der Waals surface area contributed by atoms with Crippen molar-refractivity contribution >= 4 is 5.91 Å². The van der Waals surface area contributed by atoms with Crippen molar-refractivity contribution < 1.29 is 14.3 Å². The number of hydrogen-bond donors (Lipinski definition) is 3. The van der Waals surface area contributed by atoms with Gasteiger partial charge in [0.2, 0.25) is 5.91 Å². The Kier molecular flexibility index (Phi) is 4.88. The Bertz CT molecular complexity index is 358. The molecular weight excluding hydrogens is 211 g/mol. The number of hydrogen-bond acceptors (Lipinski definition) is 3. The van der Waals surface area contributed by atoms with Gasteiger partial charge < -0.3 is 16.2 Å². The summed E-state index contributed by atoms with van der Waals surface area (Å²) in [7, 11) is 0. The van der Waals surface area contributed by atoms with Crippen LogP contribution in [0.5, 0.6) is 0 Å². The average molecular weight is 226 g/mol. The van der Waals surface area contributed by atoms with Crippen LogP contribution in [0, 0.1) is 5.82 Å². The van der Waals surface area contributed by atoms with Crippen LogP contribution in [0.3, 0.4) is 0 Å². The van der Waals surface area contributed by atoms with Crippen molar-refractivity contribution in [3.05, 3.63) is 35.6 Å². The largest absolute Gasteiger partial charge is 0.386 e. The van der Waals surface area contributed by atoms with E-state index in [4.69, 9.17) is 5.73 Å². The van der Waals surface area contributed by atoms with E-state index in [2.05, 4.69) is 5.32 Å². The molecule has 0 radical (unpaired) electrons. The van der Waals surface area contributed by atoms with E-state index in [9.17, 15) is 14.3 Å². The molecule has 0 bridgehead atoms. The highest BCUT2D eigenvalue weighted by molar-refractivity contribution is 5.76. The summed E-state index contributed by atoms with van der Waals surface area (Å²) in [6.45, 7) is 0.237. The lowest BCUT2D eigenvalue weighted by atomic mass is 10.1. The smallest absolute Gasteiger partial charge is 0.221 e. The SMILES string of the molecule is NCCC(=O)NCC(O)c1ccccc1F. The minimum Gasteiger partial charge on any atom is -0.386 e. The minimum atomic E-state index is -1.04. The van der Waals surface area contributed by atoms with Gasteiger partial charge in [-0.25, -0.2) is 4.39 Å². The van der Waals surface area contributed by atoms with Crippen LogP contribution in [0.2, 0.25) is 0 Å². The first kappa shape index (κ1) is 12.6. The van der Waals surface area contributed by atoms with Crippen molar-refractivity contribution in [2.24, 2.45) is 5.73 Å². The number of halogens is 1. The predicted octanol–water partition coefficient (Wildman–Crippen LogP) is 0.324. The lowest BCUT2D eigenvalue weighted by Gasteiger charge is -2.12. The molecule has 0 heterocycles. The Morgan fingerprint density at radius 3 is 2.81 bits per heavy atom. The third-order valence-corrected chi connectivity index (χ3v) is 2.13. The molecule has 0 saturated carbocycles. The molecule has 4 nitrogen and oxygen atoms in total. The molecule has 1 aromatic rings. The van der Waals surface area contributed by atoms with E-state index >= 15 is 0 Å². The van der Waals surface area contributed by atoms with E-state index < -0.39 is 11.9 Å². The molecule has 0 aliphatic heterocycles. The van der Waals surface area contributed by atoms with Crippen LogP contribution in [-0.4, -0.2) is 24.1 Å². The molecule has 1 aromatic carbocycles. The third-order valence-electron chi connectivity index (χ3n) is 2.13. The van der Waals surface area contributed by atoms with Crippen LogP contribution in [0.15, 0.2) is 24.3 Å². The second-order valence-corrected chi connectivity index (χ2v) is 3.38. The molecule has 0 aromatic heterocycles. The van der Waals surface area contributed by atoms with Gasteiger partial charge in [-0.2, -0.15) is 0 Å². The van der Waals surface area contributed by atoms with Gasteiger partial charge >= 0.3 is 0 Å². The van der Waals surface area contributed by atoms with Gasteiger partial charge in [0.1, 0.15) is 5.82 Å². The number of nitrogens with two attached hydrogens (primary N) is 1. The van der Waals surface area contributed by atoms with E-state index in [-0.39, 0.29) is 31.0 Å². The van der Waals surface area contributed by atoms with Crippen LogP contribution < -0.4 is 11.1 Å². The van der Waals surface area contributed by atoms with Crippen LogP contribution in [0.25, 0.3) is 0 Å². The molecule has 1 unspecified atom stereocenters. The molecule has 4 N–H and O–H groups in total. The molecule has 0 saturated heterocycles. The first-order chi connectivity index (χ1) is 7.65. The van der Waals surface area contributed by atoms with Gasteiger partial charge in [0.15, 0.2) is 0 Å². The van der Waals surface area contributed by atoms with Crippen molar-refractivity contribution in [2.45, 2.75) is 12.5 Å². The number of aliphatic hydroxyl groups is 1. The molecule has 1 atom stereocenters. The third kappa shape index (κ3) is 3.60. The summed E-state index contributed by atoms with van der Waals surface area (Å²) in [5.74, 6) is -0.735. The van der Waals surface area contributed by atoms with Crippen molar-refractivity contribution in [2.75, 3.05) is 13.1 Å². The zero-order valence-electron chi connectivity index (χ0n) is 8.82. The molecule has 1 rings (SSSR count). The molecular formula is C11H15FN2O2. The molecule has 0 spiro atoms. The monoisotopic (exact) mass is 226 g/mol. The molecule has 88 valence electrons. The van der Waals surface area contributed by atoms with E-state index in [1.807, 2.05) is 0 Å².